The fourth-order valence-corrected chi connectivity index (χ4v) is 2.81. The number of carbonyl (C=O) groups excluding carboxylic acids is 1. The van der Waals surface area contributed by atoms with Crippen LogP contribution in [-0.4, -0.2) is 22.3 Å². The molecular weight excluding hydrogens is 394 g/mol. The van der Waals surface area contributed by atoms with E-state index in [1.165, 1.54) is 0 Å². The van der Waals surface area contributed by atoms with E-state index in [1.807, 2.05) is 0 Å². The van der Waals surface area contributed by atoms with E-state index in [1.54, 1.807) is 17.2 Å². The smallest absolute Gasteiger partial charge is 0.228 e. The van der Waals surface area contributed by atoms with Crippen molar-refractivity contribution in [2.75, 3.05) is 11.4 Å². The van der Waals surface area contributed by atoms with Gasteiger partial charge in [0.15, 0.2) is 0 Å². The minimum Gasteiger partial charge on any atom is -0.310 e. The zero-order valence-corrected chi connectivity index (χ0v) is 12.1. The molecule has 6 heteroatoms. The molecule has 2 heterocycles. The lowest BCUT2D eigenvalue weighted by Gasteiger charge is -2.17. The van der Waals surface area contributed by atoms with Crippen molar-refractivity contribution in [1.82, 2.24) is 4.98 Å². The summed E-state index contributed by atoms with van der Waals surface area (Å²) in [5.41, 5.74) is 0.850. The summed E-state index contributed by atoms with van der Waals surface area (Å²) in [4.78, 5) is 17.6. The molecule has 1 aliphatic heterocycles. The Morgan fingerprint density at radius 2 is 2.40 bits per heavy atom. The molecule has 0 bridgehead atoms. The van der Waals surface area contributed by atoms with Crippen LogP contribution in [0.1, 0.15) is 6.42 Å². The maximum atomic E-state index is 11.7. The number of alkyl halides is 1. The molecule has 80 valence electrons. The van der Waals surface area contributed by atoms with E-state index in [-0.39, 0.29) is 10.7 Å². The zero-order valence-electron chi connectivity index (χ0n) is 7.58. The maximum Gasteiger partial charge on any atom is 0.228 e. The van der Waals surface area contributed by atoms with Crippen LogP contribution in [0, 0.1) is 3.57 Å². The lowest BCUT2D eigenvalue weighted by Crippen LogP contribution is -2.25. The van der Waals surface area contributed by atoms with E-state index in [2.05, 4.69) is 43.5 Å². The van der Waals surface area contributed by atoms with Gasteiger partial charge in [-0.15, -0.1) is 0 Å². The summed E-state index contributed by atoms with van der Waals surface area (Å²) < 4.78 is 0.937. The monoisotopic (exact) mass is 400 g/mol. The van der Waals surface area contributed by atoms with Crippen LogP contribution < -0.4 is 4.90 Å². The van der Waals surface area contributed by atoms with E-state index >= 15 is 0 Å². The van der Waals surface area contributed by atoms with Crippen molar-refractivity contribution in [3.8, 4) is 0 Å². The highest BCUT2D eigenvalue weighted by atomic mass is 127. The predicted octanol–water partition coefficient (Wildman–Crippen LogP) is 2.84. The van der Waals surface area contributed by atoms with Crippen molar-refractivity contribution in [2.45, 2.75) is 11.2 Å². The molecular formula is C9H7BrClIN2O. The number of rotatable bonds is 1. The minimum atomic E-state index is 0.122. The van der Waals surface area contributed by atoms with Crippen molar-refractivity contribution in [3.63, 3.8) is 0 Å². The van der Waals surface area contributed by atoms with Gasteiger partial charge in [0, 0.05) is 30.1 Å². The van der Waals surface area contributed by atoms with Crippen LogP contribution in [0.4, 0.5) is 5.69 Å². The summed E-state index contributed by atoms with van der Waals surface area (Å²) in [6.45, 7) is 0.690. The molecule has 0 aliphatic carbocycles. The molecule has 1 saturated heterocycles. The van der Waals surface area contributed by atoms with Crippen molar-refractivity contribution in [1.29, 1.82) is 0 Å². The summed E-state index contributed by atoms with van der Waals surface area (Å²) in [6, 6.07) is 1.73. The average molecular weight is 401 g/mol. The van der Waals surface area contributed by atoms with Gasteiger partial charge in [-0.25, -0.2) is 4.98 Å². The highest BCUT2D eigenvalue weighted by Gasteiger charge is 2.30. The van der Waals surface area contributed by atoms with Crippen LogP contribution >= 0.6 is 50.1 Å². The Bertz CT molecular complexity index is 415. The molecule has 1 aliphatic rings. The number of hydrogen-bond acceptors (Lipinski definition) is 2. The van der Waals surface area contributed by atoms with Gasteiger partial charge in [-0.05, 0) is 22.6 Å². The normalized spacial score (nSPS) is 21.1. The molecule has 3 nitrogen and oxygen atoms in total. The number of carbonyl (C=O) groups is 1. The molecule has 1 atom stereocenters. The molecule has 1 unspecified atom stereocenters. The van der Waals surface area contributed by atoms with Crippen molar-refractivity contribution >= 4 is 61.7 Å². The first kappa shape index (κ1) is 11.6. The molecule has 2 rings (SSSR count). The van der Waals surface area contributed by atoms with E-state index < -0.39 is 0 Å². The van der Waals surface area contributed by atoms with E-state index in [0.717, 1.165) is 9.26 Å². The predicted molar refractivity (Wildman–Crippen MR) is 71.6 cm³/mol. The van der Waals surface area contributed by atoms with Gasteiger partial charge in [0.2, 0.25) is 5.91 Å². The SMILES string of the molecule is O=C1CC(Br)CN1c1cc(Cl)ncc1I. The van der Waals surface area contributed by atoms with Crippen molar-refractivity contribution in [3.05, 3.63) is 21.0 Å². The van der Waals surface area contributed by atoms with Crippen LogP contribution in [0.15, 0.2) is 12.3 Å². The Labute approximate surface area is 114 Å². The molecule has 0 spiro atoms. The summed E-state index contributed by atoms with van der Waals surface area (Å²) in [7, 11) is 0. The second-order valence-electron chi connectivity index (χ2n) is 3.26. The van der Waals surface area contributed by atoms with Crippen LogP contribution in [0.3, 0.4) is 0 Å². The van der Waals surface area contributed by atoms with Gasteiger partial charge in [-0.1, -0.05) is 27.5 Å². The lowest BCUT2D eigenvalue weighted by molar-refractivity contribution is -0.117. The summed E-state index contributed by atoms with van der Waals surface area (Å²) in [6.07, 6.45) is 2.21. The van der Waals surface area contributed by atoms with Gasteiger partial charge >= 0.3 is 0 Å². The Kier molecular flexibility index (Phi) is 3.52. The summed E-state index contributed by atoms with van der Waals surface area (Å²) in [5, 5.41) is 0.413. The number of amides is 1. The number of nitrogens with zero attached hydrogens (tertiary/aromatic N) is 2. The first-order chi connectivity index (χ1) is 7.08. The Balaban J connectivity index is 2.37. The Morgan fingerprint density at radius 3 is 3.00 bits per heavy atom. The molecule has 15 heavy (non-hydrogen) atoms. The van der Waals surface area contributed by atoms with Gasteiger partial charge in [0.05, 0.1) is 9.26 Å². The number of pyridine rings is 1. The number of aromatic nitrogens is 1. The third-order valence-corrected chi connectivity index (χ3v) is 3.82. The number of anilines is 1. The summed E-state index contributed by atoms with van der Waals surface area (Å²) >= 11 is 11.4. The molecule has 0 saturated carbocycles. The maximum absolute atomic E-state index is 11.7. The molecule has 1 fully saturated rings. The fourth-order valence-electron chi connectivity index (χ4n) is 1.51. The zero-order chi connectivity index (χ0) is 11.0. The van der Waals surface area contributed by atoms with E-state index in [0.29, 0.717) is 18.1 Å². The first-order valence-electron chi connectivity index (χ1n) is 4.33. The Hall–Kier alpha value is 0.120. The third kappa shape index (κ3) is 2.45. The first-order valence-corrected chi connectivity index (χ1v) is 6.70. The van der Waals surface area contributed by atoms with Crippen molar-refractivity contribution < 1.29 is 4.79 Å². The largest absolute Gasteiger partial charge is 0.310 e. The molecule has 0 N–H and O–H groups in total. The van der Waals surface area contributed by atoms with Gasteiger partial charge < -0.3 is 4.90 Å². The van der Waals surface area contributed by atoms with Gasteiger partial charge in [-0.3, -0.25) is 4.79 Å². The highest BCUT2D eigenvalue weighted by molar-refractivity contribution is 14.1. The molecule has 0 radical (unpaired) electrons. The highest BCUT2D eigenvalue weighted by Crippen LogP contribution is 2.30. The third-order valence-electron chi connectivity index (χ3n) is 2.17. The average Bonchev–Trinajstić information content (AvgIpc) is 2.50. The molecule has 0 aromatic carbocycles. The van der Waals surface area contributed by atoms with Gasteiger partial charge in [0.1, 0.15) is 5.15 Å². The quantitative estimate of drug-likeness (QED) is 0.412. The van der Waals surface area contributed by atoms with Crippen LogP contribution in [-0.2, 0) is 4.79 Å². The van der Waals surface area contributed by atoms with Crippen LogP contribution in [0.25, 0.3) is 0 Å². The molecule has 1 aromatic rings. The number of halogens is 3. The molecule has 1 aromatic heterocycles. The lowest BCUT2D eigenvalue weighted by atomic mass is 10.3. The van der Waals surface area contributed by atoms with Crippen LogP contribution in [0.5, 0.6) is 0 Å². The Morgan fingerprint density at radius 1 is 1.67 bits per heavy atom. The second kappa shape index (κ2) is 4.55. The minimum absolute atomic E-state index is 0.122. The molecule has 1 amide bonds. The van der Waals surface area contributed by atoms with E-state index in [4.69, 9.17) is 11.6 Å². The van der Waals surface area contributed by atoms with Gasteiger partial charge in [-0.2, -0.15) is 0 Å². The van der Waals surface area contributed by atoms with Gasteiger partial charge in [0.25, 0.3) is 0 Å². The summed E-state index contributed by atoms with van der Waals surface area (Å²) in [5.74, 6) is 0.122. The fraction of sp³-hybridized carbons (Fsp3) is 0.333. The number of hydrogen-bond donors (Lipinski definition) is 0. The topological polar surface area (TPSA) is 33.2 Å². The van der Waals surface area contributed by atoms with Crippen LogP contribution in [0.2, 0.25) is 5.15 Å². The second-order valence-corrected chi connectivity index (χ2v) is 6.11. The van der Waals surface area contributed by atoms with Crippen molar-refractivity contribution in [2.24, 2.45) is 0 Å². The van der Waals surface area contributed by atoms with E-state index in [9.17, 15) is 4.79 Å². The standard InChI is InChI=1S/C9H7BrClIN2O/c10-5-1-9(15)14(4-5)7-2-8(11)13-3-6(7)12/h2-3,5H,1,4H2.